The van der Waals surface area contributed by atoms with Gasteiger partial charge in [0.05, 0.1) is 17.7 Å². The van der Waals surface area contributed by atoms with Crippen LogP contribution >= 0.6 is 0 Å². The maximum Gasteiger partial charge on any atom is 0.128 e. The van der Waals surface area contributed by atoms with E-state index in [9.17, 15) is 0 Å². The van der Waals surface area contributed by atoms with Crippen LogP contribution in [0.3, 0.4) is 0 Å². The van der Waals surface area contributed by atoms with Gasteiger partial charge in [-0.2, -0.15) is 10.5 Å². The van der Waals surface area contributed by atoms with E-state index in [1.54, 1.807) is 36.4 Å². The Balaban J connectivity index is 2.24. The molecule has 0 amide bonds. The van der Waals surface area contributed by atoms with Crippen LogP contribution in [0.2, 0.25) is 0 Å². The minimum atomic E-state index is -0.0181. The summed E-state index contributed by atoms with van der Waals surface area (Å²) in [6, 6.07) is 15.6. The molecule has 0 bridgehead atoms. The summed E-state index contributed by atoms with van der Waals surface area (Å²) in [6.07, 6.45) is 0. The third-order valence-electron chi connectivity index (χ3n) is 2.57. The third kappa shape index (κ3) is 2.90. The summed E-state index contributed by atoms with van der Waals surface area (Å²) in [7, 11) is 0. The van der Waals surface area contributed by atoms with Crippen LogP contribution < -0.4 is 4.74 Å². The van der Waals surface area contributed by atoms with Gasteiger partial charge in [-0.3, -0.25) is 0 Å². The van der Waals surface area contributed by atoms with Crippen LogP contribution in [0.1, 0.15) is 16.7 Å². The molecule has 0 saturated carbocycles. The number of nitriles is 2. The van der Waals surface area contributed by atoms with E-state index < -0.39 is 0 Å². The van der Waals surface area contributed by atoms with E-state index in [2.05, 4.69) is 0 Å². The molecule has 0 aliphatic rings. The Hall–Kier alpha value is -2.82. The van der Waals surface area contributed by atoms with Crippen LogP contribution in [0.15, 0.2) is 42.5 Å². The maximum absolute atomic E-state index is 8.94. The van der Waals surface area contributed by atoms with Crippen molar-refractivity contribution in [2.24, 2.45) is 0 Å². The lowest BCUT2D eigenvalue weighted by Gasteiger charge is -2.07. The van der Waals surface area contributed by atoms with Gasteiger partial charge >= 0.3 is 0 Å². The first-order valence-corrected chi connectivity index (χ1v) is 5.58. The number of rotatable bonds is 3. The number of hydrogen-bond donors (Lipinski definition) is 1. The first-order valence-electron chi connectivity index (χ1n) is 5.58. The predicted octanol–water partition coefficient (Wildman–Crippen LogP) is 2.71. The molecule has 2 rings (SSSR count). The van der Waals surface area contributed by atoms with Crippen LogP contribution in [0.5, 0.6) is 11.5 Å². The predicted molar refractivity (Wildman–Crippen MR) is 68.3 cm³/mol. The molecule has 0 unspecified atom stereocenters. The Kier molecular flexibility index (Phi) is 3.78. The summed E-state index contributed by atoms with van der Waals surface area (Å²) in [5, 5.41) is 26.7. The molecular weight excluding hydrogens is 240 g/mol. The molecule has 2 aromatic carbocycles. The van der Waals surface area contributed by atoms with Crippen molar-refractivity contribution in [3.63, 3.8) is 0 Å². The van der Waals surface area contributed by atoms with Gasteiger partial charge in [0.1, 0.15) is 23.6 Å². The van der Waals surface area contributed by atoms with Gasteiger partial charge < -0.3 is 9.84 Å². The third-order valence-corrected chi connectivity index (χ3v) is 2.57. The van der Waals surface area contributed by atoms with E-state index in [4.69, 9.17) is 20.4 Å². The smallest absolute Gasteiger partial charge is 0.128 e. The number of ether oxygens (including phenoxy) is 1. The van der Waals surface area contributed by atoms with Crippen molar-refractivity contribution in [2.45, 2.75) is 6.61 Å². The normalized spacial score (nSPS) is 9.42. The Morgan fingerprint density at radius 3 is 2.11 bits per heavy atom. The van der Waals surface area contributed by atoms with Crippen molar-refractivity contribution in [3.05, 3.63) is 59.2 Å². The Morgan fingerprint density at radius 2 is 1.53 bits per heavy atom. The topological polar surface area (TPSA) is 77.0 Å². The zero-order valence-electron chi connectivity index (χ0n) is 10.00. The lowest BCUT2D eigenvalue weighted by atomic mass is 10.1. The SMILES string of the molecule is N#Cc1ccc(Oc2ccc(CO)cc2)cc1C#N. The monoisotopic (exact) mass is 250 g/mol. The minimum absolute atomic E-state index is 0.0181. The summed E-state index contributed by atoms with van der Waals surface area (Å²) in [6.45, 7) is -0.0181. The Labute approximate surface area is 110 Å². The molecule has 19 heavy (non-hydrogen) atoms. The van der Waals surface area contributed by atoms with Gasteiger partial charge in [-0.05, 0) is 35.9 Å². The molecule has 4 heteroatoms. The largest absolute Gasteiger partial charge is 0.457 e. The maximum atomic E-state index is 8.94. The molecule has 0 saturated heterocycles. The molecule has 0 aliphatic heterocycles. The van der Waals surface area contributed by atoms with Gasteiger partial charge in [-0.15, -0.1) is 0 Å². The lowest BCUT2D eigenvalue weighted by Crippen LogP contribution is -1.89. The second kappa shape index (κ2) is 5.68. The van der Waals surface area contributed by atoms with Crippen LogP contribution in [0.25, 0.3) is 0 Å². The van der Waals surface area contributed by atoms with Crippen molar-refractivity contribution in [1.82, 2.24) is 0 Å². The van der Waals surface area contributed by atoms with Gasteiger partial charge in [-0.25, -0.2) is 0 Å². The van der Waals surface area contributed by atoms with E-state index in [1.807, 2.05) is 12.1 Å². The molecule has 0 aliphatic carbocycles. The highest BCUT2D eigenvalue weighted by Crippen LogP contribution is 2.24. The first kappa shape index (κ1) is 12.6. The molecule has 4 nitrogen and oxygen atoms in total. The van der Waals surface area contributed by atoms with E-state index >= 15 is 0 Å². The van der Waals surface area contributed by atoms with Gasteiger partial charge in [0, 0.05) is 0 Å². The van der Waals surface area contributed by atoms with E-state index in [0.717, 1.165) is 5.56 Å². The summed E-state index contributed by atoms with van der Waals surface area (Å²) >= 11 is 0. The number of nitrogens with zero attached hydrogens (tertiary/aromatic N) is 2. The van der Waals surface area contributed by atoms with Crippen molar-refractivity contribution in [2.75, 3.05) is 0 Å². The molecule has 1 N–H and O–H groups in total. The zero-order valence-corrected chi connectivity index (χ0v) is 10.00. The van der Waals surface area contributed by atoms with Gasteiger partial charge in [-0.1, -0.05) is 12.1 Å². The summed E-state index contributed by atoms with van der Waals surface area (Å²) in [5.41, 5.74) is 1.40. The average molecular weight is 250 g/mol. The Morgan fingerprint density at radius 1 is 0.895 bits per heavy atom. The van der Waals surface area contributed by atoms with Gasteiger partial charge in [0.2, 0.25) is 0 Å². The summed E-state index contributed by atoms with van der Waals surface area (Å²) in [5.74, 6) is 1.10. The van der Waals surface area contributed by atoms with Crippen molar-refractivity contribution >= 4 is 0 Å². The molecule has 92 valence electrons. The standard InChI is InChI=1S/C15H10N2O2/c16-8-12-3-6-15(7-13(12)9-17)19-14-4-1-11(10-18)2-5-14/h1-7,18H,10H2. The lowest BCUT2D eigenvalue weighted by molar-refractivity contribution is 0.281. The molecule has 2 aromatic rings. The average Bonchev–Trinajstić information content (AvgIpc) is 2.48. The molecular formula is C15H10N2O2. The summed E-state index contributed by atoms with van der Waals surface area (Å²) in [4.78, 5) is 0. The highest BCUT2D eigenvalue weighted by Gasteiger charge is 2.04. The van der Waals surface area contributed by atoms with Crippen LogP contribution in [0, 0.1) is 22.7 Å². The molecule has 0 aromatic heterocycles. The second-order valence-corrected chi connectivity index (χ2v) is 3.84. The number of aliphatic hydroxyl groups excluding tert-OH is 1. The quantitative estimate of drug-likeness (QED) is 0.908. The van der Waals surface area contributed by atoms with Gasteiger partial charge in [0.25, 0.3) is 0 Å². The fourth-order valence-electron chi connectivity index (χ4n) is 1.58. The molecule has 0 atom stereocenters. The zero-order chi connectivity index (χ0) is 13.7. The fraction of sp³-hybridized carbons (Fsp3) is 0.0667. The minimum Gasteiger partial charge on any atom is -0.457 e. The molecule has 0 spiro atoms. The number of benzene rings is 2. The van der Waals surface area contributed by atoms with E-state index in [0.29, 0.717) is 17.1 Å². The Bertz CT molecular complexity index is 664. The van der Waals surface area contributed by atoms with Crippen molar-refractivity contribution in [3.8, 4) is 23.6 Å². The van der Waals surface area contributed by atoms with E-state index in [1.165, 1.54) is 6.07 Å². The van der Waals surface area contributed by atoms with Crippen LogP contribution in [-0.2, 0) is 6.61 Å². The highest BCUT2D eigenvalue weighted by molar-refractivity contribution is 5.50. The second-order valence-electron chi connectivity index (χ2n) is 3.84. The number of hydrogen-bond acceptors (Lipinski definition) is 4. The molecule has 0 heterocycles. The number of aliphatic hydroxyl groups is 1. The van der Waals surface area contributed by atoms with Crippen LogP contribution in [0.4, 0.5) is 0 Å². The summed E-state index contributed by atoms with van der Waals surface area (Å²) < 4.78 is 5.58. The molecule has 0 fully saturated rings. The van der Waals surface area contributed by atoms with Gasteiger partial charge in [0.15, 0.2) is 0 Å². The highest BCUT2D eigenvalue weighted by atomic mass is 16.5. The van der Waals surface area contributed by atoms with Crippen molar-refractivity contribution < 1.29 is 9.84 Å². The van der Waals surface area contributed by atoms with Crippen LogP contribution in [-0.4, -0.2) is 5.11 Å². The van der Waals surface area contributed by atoms with Crippen molar-refractivity contribution in [1.29, 1.82) is 10.5 Å². The molecule has 0 radical (unpaired) electrons. The first-order chi connectivity index (χ1) is 9.26. The fourth-order valence-corrected chi connectivity index (χ4v) is 1.58. The van der Waals surface area contributed by atoms with E-state index in [-0.39, 0.29) is 12.2 Å².